The molecule has 0 spiro atoms. The second-order valence-electron chi connectivity index (χ2n) is 5.91. The van der Waals surface area contributed by atoms with Gasteiger partial charge in [0, 0.05) is 16.8 Å². The highest BCUT2D eigenvalue weighted by Gasteiger charge is 2.25. The van der Waals surface area contributed by atoms with Crippen LogP contribution in [0.25, 0.3) is 5.57 Å². The molecule has 2 aromatic carbocycles. The number of hydrogen-bond acceptors (Lipinski definition) is 4. The highest BCUT2D eigenvalue weighted by atomic mass is 16.5. The van der Waals surface area contributed by atoms with Gasteiger partial charge in [0.1, 0.15) is 30.5 Å². The summed E-state index contributed by atoms with van der Waals surface area (Å²) in [4.78, 5) is 12.0. The molecular formula is C20H21NO4. The molecule has 0 atom stereocenters. The van der Waals surface area contributed by atoms with E-state index in [9.17, 15) is 4.79 Å². The Balaban J connectivity index is 1.58. The molecule has 1 aliphatic rings. The van der Waals surface area contributed by atoms with Crippen LogP contribution >= 0.6 is 0 Å². The first kappa shape index (κ1) is 16.9. The number of amides is 1. The van der Waals surface area contributed by atoms with Gasteiger partial charge in [-0.2, -0.15) is 0 Å². The Morgan fingerprint density at radius 3 is 2.16 bits per heavy atom. The summed E-state index contributed by atoms with van der Waals surface area (Å²) >= 11 is 0. The van der Waals surface area contributed by atoms with Gasteiger partial charge in [-0.05, 0) is 56.3 Å². The standard InChI is InChI=1S/C20H21NO4/c1-13(2)19-17-12-16(8-9-18(17)21-20(19)22)25-11-10-24-15-6-4-14(23-3)5-7-15/h4-9,12H,10-11H2,1-3H3,(H,21,22). The quantitative estimate of drug-likeness (QED) is 0.641. The minimum atomic E-state index is -0.0602. The molecule has 0 fully saturated rings. The van der Waals surface area contributed by atoms with Crippen LogP contribution in [0.15, 0.2) is 48.0 Å². The van der Waals surface area contributed by atoms with Gasteiger partial charge in [-0.3, -0.25) is 4.79 Å². The zero-order valence-electron chi connectivity index (χ0n) is 14.6. The lowest BCUT2D eigenvalue weighted by molar-refractivity contribution is -0.110. The maximum atomic E-state index is 12.0. The first-order valence-corrected chi connectivity index (χ1v) is 8.11. The van der Waals surface area contributed by atoms with Crippen LogP contribution in [0.4, 0.5) is 5.69 Å². The fourth-order valence-electron chi connectivity index (χ4n) is 2.72. The number of rotatable bonds is 6. The number of fused-ring (bicyclic) bond motifs is 1. The van der Waals surface area contributed by atoms with Crippen molar-refractivity contribution in [3.8, 4) is 17.2 Å². The second kappa shape index (κ2) is 7.30. The molecule has 25 heavy (non-hydrogen) atoms. The van der Waals surface area contributed by atoms with Crippen LogP contribution in [-0.4, -0.2) is 26.2 Å². The molecule has 0 aromatic heterocycles. The Hall–Kier alpha value is -2.95. The van der Waals surface area contributed by atoms with E-state index in [1.54, 1.807) is 7.11 Å². The molecule has 0 bridgehead atoms. The Kier molecular flexibility index (Phi) is 4.93. The van der Waals surface area contributed by atoms with E-state index in [4.69, 9.17) is 14.2 Å². The van der Waals surface area contributed by atoms with Crippen molar-refractivity contribution in [1.82, 2.24) is 0 Å². The smallest absolute Gasteiger partial charge is 0.256 e. The van der Waals surface area contributed by atoms with Crippen LogP contribution in [0.5, 0.6) is 17.2 Å². The number of carbonyl (C=O) groups is 1. The molecule has 5 nitrogen and oxygen atoms in total. The van der Waals surface area contributed by atoms with Gasteiger partial charge in [0.15, 0.2) is 0 Å². The zero-order valence-corrected chi connectivity index (χ0v) is 14.6. The van der Waals surface area contributed by atoms with Crippen molar-refractivity contribution >= 4 is 17.2 Å². The van der Waals surface area contributed by atoms with Gasteiger partial charge in [0.25, 0.3) is 5.91 Å². The fourth-order valence-corrected chi connectivity index (χ4v) is 2.72. The Morgan fingerprint density at radius 1 is 0.920 bits per heavy atom. The van der Waals surface area contributed by atoms with Gasteiger partial charge in [-0.25, -0.2) is 0 Å². The molecule has 0 saturated heterocycles. The normalized spacial score (nSPS) is 12.4. The largest absolute Gasteiger partial charge is 0.497 e. The predicted octanol–water partition coefficient (Wildman–Crippen LogP) is 3.90. The summed E-state index contributed by atoms with van der Waals surface area (Å²) in [7, 11) is 1.63. The molecule has 1 aliphatic heterocycles. The number of allylic oxidation sites excluding steroid dienone is 1. The SMILES string of the molecule is COc1ccc(OCCOc2ccc3c(c2)C(=C(C)C)C(=O)N3)cc1. The molecule has 3 rings (SSSR count). The molecule has 0 unspecified atom stereocenters. The molecule has 1 N–H and O–H groups in total. The third kappa shape index (κ3) is 3.76. The third-order valence-corrected chi connectivity index (χ3v) is 3.92. The van der Waals surface area contributed by atoms with E-state index >= 15 is 0 Å². The maximum absolute atomic E-state index is 12.0. The van der Waals surface area contributed by atoms with Crippen LogP contribution in [0.1, 0.15) is 19.4 Å². The van der Waals surface area contributed by atoms with Crippen molar-refractivity contribution in [3.05, 3.63) is 53.6 Å². The van der Waals surface area contributed by atoms with E-state index in [0.717, 1.165) is 33.9 Å². The number of hydrogen-bond donors (Lipinski definition) is 1. The van der Waals surface area contributed by atoms with Crippen LogP contribution in [0, 0.1) is 0 Å². The first-order chi connectivity index (χ1) is 12.1. The average molecular weight is 339 g/mol. The lowest BCUT2D eigenvalue weighted by Gasteiger charge is -2.10. The molecule has 0 saturated carbocycles. The number of ether oxygens (including phenoxy) is 3. The summed E-state index contributed by atoms with van der Waals surface area (Å²) in [5, 5.41) is 2.87. The molecule has 1 amide bonds. The van der Waals surface area contributed by atoms with E-state index in [2.05, 4.69) is 5.32 Å². The molecule has 0 aliphatic carbocycles. The highest BCUT2D eigenvalue weighted by Crippen LogP contribution is 2.36. The van der Waals surface area contributed by atoms with Crippen LogP contribution in [0.2, 0.25) is 0 Å². The Labute approximate surface area is 147 Å². The van der Waals surface area contributed by atoms with Crippen molar-refractivity contribution in [2.24, 2.45) is 0 Å². The van der Waals surface area contributed by atoms with E-state index in [1.165, 1.54) is 0 Å². The van der Waals surface area contributed by atoms with Crippen molar-refractivity contribution in [2.45, 2.75) is 13.8 Å². The van der Waals surface area contributed by atoms with Gasteiger partial charge < -0.3 is 19.5 Å². The molecule has 130 valence electrons. The van der Waals surface area contributed by atoms with E-state index in [1.807, 2.05) is 56.3 Å². The van der Waals surface area contributed by atoms with Crippen LogP contribution < -0.4 is 19.5 Å². The Morgan fingerprint density at radius 2 is 1.52 bits per heavy atom. The highest BCUT2D eigenvalue weighted by molar-refractivity contribution is 6.32. The number of carbonyl (C=O) groups excluding carboxylic acids is 1. The van der Waals surface area contributed by atoms with Gasteiger partial charge in [-0.1, -0.05) is 5.57 Å². The fraction of sp³-hybridized carbons (Fsp3) is 0.250. The topological polar surface area (TPSA) is 56.8 Å². The summed E-state index contributed by atoms with van der Waals surface area (Å²) in [6.07, 6.45) is 0. The van der Waals surface area contributed by atoms with Gasteiger partial charge in [0.05, 0.1) is 7.11 Å². The molecular weight excluding hydrogens is 318 g/mol. The summed E-state index contributed by atoms with van der Waals surface area (Å²) in [5.41, 5.74) is 3.41. The zero-order chi connectivity index (χ0) is 17.8. The summed E-state index contributed by atoms with van der Waals surface area (Å²) < 4.78 is 16.5. The average Bonchev–Trinajstić information content (AvgIpc) is 2.94. The third-order valence-electron chi connectivity index (χ3n) is 3.92. The minimum absolute atomic E-state index is 0.0602. The van der Waals surface area contributed by atoms with Gasteiger partial charge in [0.2, 0.25) is 0 Å². The number of benzene rings is 2. The maximum Gasteiger partial charge on any atom is 0.256 e. The lowest BCUT2D eigenvalue weighted by Crippen LogP contribution is -2.09. The van der Waals surface area contributed by atoms with Gasteiger partial charge >= 0.3 is 0 Å². The second-order valence-corrected chi connectivity index (χ2v) is 5.91. The predicted molar refractivity (Wildman–Crippen MR) is 97.3 cm³/mol. The number of anilines is 1. The molecule has 0 radical (unpaired) electrons. The van der Waals surface area contributed by atoms with Crippen LogP contribution in [-0.2, 0) is 4.79 Å². The molecule has 2 aromatic rings. The van der Waals surface area contributed by atoms with Crippen LogP contribution in [0.3, 0.4) is 0 Å². The van der Waals surface area contributed by atoms with Crippen molar-refractivity contribution < 1.29 is 19.0 Å². The first-order valence-electron chi connectivity index (χ1n) is 8.11. The summed E-state index contributed by atoms with van der Waals surface area (Å²) in [6.45, 7) is 4.70. The van der Waals surface area contributed by atoms with Crippen molar-refractivity contribution in [1.29, 1.82) is 0 Å². The minimum Gasteiger partial charge on any atom is -0.497 e. The van der Waals surface area contributed by atoms with Crippen molar-refractivity contribution in [2.75, 3.05) is 25.6 Å². The monoisotopic (exact) mass is 339 g/mol. The Bertz CT molecular complexity index is 805. The van der Waals surface area contributed by atoms with Gasteiger partial charge in [-0.15, -0.1) is 0 Å². The lowest BCUT2D eigenvalue weighted by atomic mass is 10.0. The summed E-state index contributed by atoms with van der Waals surface area (Å²) in [6, 6.07) is 13.0. The van der Waals surface area contributed by atoms with E-state index < -0.39 is 0 Å². The van der Waals surface area contributed by atoms with Crippen molar-refractivity contribution in [3.63, 3.8) is 0 Å². The molecule has 1 heterocycles. The van der Waals surface area contributed by atoms with E-state index in [0.29, 0.717) is 19.0 Å². The summed E-state index contributed by atoms with van der Waals surface area (Å²) in [5.74, 6) is 2.21. The number of methoxy groups -OCH3 is 1. The van der Waals surface area contributed by atoms with E-state index in [-0.39, 0.29) is 5.91 Å². The number of nitrogens with one attached hydrogen (secondary N) is 1. The molecule has 5 heteroatoms.